The molecular weight excluding hydrogens is 401 g/mol. The molecule has 1 fully saturated rings. The van der Waals surface area contributed by atoms with Crippen molar-refractivity contribution >= 4 is 40.7 Å². The molecule has 1 aliphatic heterocycles. The third-order valence-electron chi connectivity index (χ3n) is 4.59. The maximum Gasteiger partial charge on any atom is 0.295 e. The minimum absolute atomic E-state index is 0.0127. The summed E-state index contributed by atoms with van der Waals surface area (Å²) in [6.45, 7) is 2.30. The van der Waals surface area contributed by atoms with Crippen molar-refractivity contribution in [2.24, 2.45) is 0 Å². The highest BCUT2D eigenvalue weighted by atomic mass is 35.5. The van der Waals surface area contributed by atoms with E-state index >= 15 is 0 Å². The molecule has 3 rings (SSSR count). The second-order valence-corrected chi connectivity index (χ2v) is 7.22. The summed E-state index contributed by atoms with van der Waals surface area (Å²) in [7, 11) is 1.40. The Bertz CT molecular complexity index is 956. The maximum absolute atomic E-state index is 12.8. The van der Waals surface area contributed by atoms with Crippen LogP contribution < -0.4 is 4.74 Å². The van der Waals surface area contributed by atoms with E-state index in [1.165, 1.54) is 24.1 Å². The van der Waals surface area contributed by atoms with Crippen LogP contribution in [0, 0.1) is 0 Å². The van der Waals surface area contributed by atoms with Crippen molar-refractivity contribution in [1.82, 2.24) is 4.90 Å². The van der Waals surface area contributed by atoms with Gasteiger partial charge in [-0.05, 0) is 24.1 Å². The van der Waals surface area contributed by atoms with Crippen LogP contribution in [0.1, 0.15) is 30.5 Å². The van der Waals surface area contributed by atoms with E-state index in [0.717, 1.165) is 5.56 Å². The zero-order valence-corrected chi connectivity index (χ0v) is 16.9. The van der Waals surface area contributed by atoms with Gasteiger partial charge in [-0.15, -0.1) is 0 Å². The van der Waals surface area contributed by atoms with Crippen LogP contribution in [0.5, 0.6) is 5.75 Å². The molecule has 146 valence electrons. The molecule has 1 saturated heterocycles. The number of aliphatic hydroxyl groups excluding tert-OH is 1. The number of nitrogens with zero attached hydrogens (tertiary/aromatic N) is 1. The first-order chi connectivity index (χ1) is 13.4. The van der Waals surface area contributed by atoms with Crippen LogP contribution in [-0.4, -0.2) is 35.4 Å². The number of ether oxygens (including phenoxy) is 1. The summed E-state index contributed by atoms with van der Waals surface area (Å²) in [6, 6.07) is 11.3. The number of halogens is 2. The van der Waals surface area contributed by atoms with Gasteiger partial charge in [-0.25, -0.2) is 0 Å². The first kappa shape index (κ1) is 20.2. The van der Waals surface area contributed by atoms with Gasteiger partial charge in [0.15, 0.2) is 0 Å². The summed E-state index contributed by atoms with van der Waals surface area (Å²) in [5, 5.41) is 11.5. The minimum Gasteiger partial charge on any atom is -0.507 e. The van der Waals surface area contributed by atoms with Crippen LogP contribution >= 0.6 is 23.2 Å². The van der Waals surface area contributed by atoms with E-state index in [9.17, 15) is 14.7 Å². The minimum atomic E-state index is -0.752. The Morgan fingerprint density at radius 1 is 1.18 bits per heavy atom. The molecule has 0 aromatic heterocycles. The van der Waals surface area contributed by atoms with Crippen molar-refractivity contribution < 1.29 is 19.4 Å². The third-order valence-corrected chi connectivity index (χ3v) is 5.09. The van der Waals surface area contributed by atoms with Crippen LogP contribution in [-0.2, 0) is 9.59 Å². The quantitative estimate of drug-likeness (QED) is 0.427. The lowest BCUT2D eigenvalue weighted by Gasteiger charge is -2.25. The second kappa shape index (κ2) is 8.25. The van der Waals surface area contributed by atoms with Gasteiger partial charge in [0, 0.05) is 11.6 Å². The van der Waals surface area contributed by atoms with Gasteiger partial charge in [0.1, 0.15) is 11.5 Å². The number of carbonyl (C=O) groups is 2. The number of benzene rings is 2. The van der Waals surface area contributed by atoms with Crippen LogP contribution in [0.4, 0.5) is 0 Å². The van der Waals surface area contributed by atoms with E-state index in [0.29, 0.717) is 13.0 Å². The zero-order chi connectivity index (χ0) is 20.4. The van der Waals surface area contributed by atoms with E-state index < -0.39 is 17.7 Å². The number of methoxy groups -OCH3 is 1. The summed E-state index contributed by atoms with van der Waals surface area (Å²) in [4.78, 5) is 27.0. The number of Topliss-reactive ketones (excluding diaryl/α,β-unsaturated/α-hetero) is 1. The van der Waals surface area contributed by atoms with Gasteiger partial charge in [-0.1, -0.05) is 60.5 Å². The normalized spacial score (nSPS) is 18.6. The SMILES string of the molecule is CCCN1C(=O)C(=O)/C(=C(/O)c2cc(Cl)cc(Cl)c2OC)C1c1ccccc1. The van der Waals surface area contributed by atoms with E-state index in [1.54, 1.807) is 0 Å². The molecule has 0 spiro atoms. The predicted octanol–water partition coefficient (Wildman–Crippen LogP) is 4.83. The van der Waals surface area contributed by atoms with E-state index in [-0.39, 0.29) is 32.7 Å². The van der Waals surface area contributed by atoms with Gasteiger partial charge in [0.2, 0.25) is 0 Å². The smallest absolute Gasteiger partial charge is 0.295 e. The van der Waals surface area contributed by atoms with Gasteiger partial charge in [-0.3, -0.25) is 9.59 Å². The number of rotatable bonds is 5. The average Bonchev–Trinajstić information content (AvgIpc) is 2.93. The average molecular weight is 420 g/mol. The number of carbonyl (C=O) groups excluding carboxylic acids is 2. The van der Waals surface area contributed by atoms with Gasteiger partial charge in [-0.2, -0.15) is 0 Å². The Morgan fingerprint density at radius 3 is 2.46 bits per heavy atom. The number of hydrogen-bond acceptors (Lipinski definition) is 4. The lowest BCUT2D eigenvalue weighted by atomic mass is 9.95. The molecule has 1 unspecified atom stereocenters. The molecule has 28 heavy (non-hydrogen) atoms. The van der Waals surface area contributed by atoms with Crippen LogP contribution in [0.15, 0.2) is 48.0 Å². The molecule has 7 heteroatoms. The van der Waals surface area contributed by atoms with E-state index in [4.69, 9.17) is 27.9 Å². The van der Waals surface area contributed by atoms with Crippen LogP contribution in [0.25, 0.3) is 5.76 Å². The van der Waals surface area contributed by atoms with Crippen molar-refractivity contribution in [3.8, 4) is 5.75 Å². The number of amides is 1. The van der Waals surface area contributed by atoms with E-state index in [2.05, 4.69) is 0 Å². The number of hydrogen-bond donors (Lipinski definition) is 1. The molecule has 5 nitrogen and oxygen atoms in total. The molecule has 2 aromatic carbocycles. The summed E-state index contributed by atoms with van der Waals surface area (Å²) in [5.41, 5.74) is 0.875. The summed E-state index contributed by atoms with van der Waals surface area (Å²) in [5.74, 6) is -1.59. The molecule has 1 heterocycles. The van der Waals surface area contributed by atoms with Crippen LogP contribution in [0.3, 0.4) is 0 Å². The highest BCUT2D eigenvalue weighted by molar-refractivity contribution is 6.46. The summed E-state index contributed by atoms with van der Waals surface area (Å²) in [6.07, 6.45) is 0.669. The van der Waals surface area contributed by atoms with Crippen molar-refractivity contribution in [3.63, 3.8) is 0 Å². The summed E-state index contributed by atoms with van der Waals surface area (Å²) < 4.78 is 5.29. The van der Waals surface area contributed by atoms with Crippen molar-refractivity contribution in [1.29, 1.82) is 0 Å². The highest BCUT2D eigenvalue weighted by Gasteiger charge is 2.45. The van der Waals surface area contributed by atoms with Gasteiger partial charge in [0.25, 0.3) is 11.7 Å². The molecule has 1 amide bonds. The molecule has 1 aliphatic rings. The standard InChI is InChI=1S/C21H19Cl2NO4/c1-3-9-24-17(12-7-5-4-6-8-12)16(19(26)21(24)27)18(25)14-10-13(22)11-15(23)20(14)28-2/h4-8,10-11,17,25H,3,9H2,1-2H3/b18-16+. The Kier molecular flexibility index (Phi) is 5.96. The lowest BCUT2D eigenvalue weighted by Crippen LogP contribution is -2.30. The number of ketones is 1. The molecule has 2 aromatic rings. The predicted molar refractivity (Wildman–Crippen MR) is 109 cm³/mol. The highest BCUT2D eigenvalue weighted by Crippen LogP contribution is 2.43. The lowest BCUT2D eigenvalue weighted by molar-refractivity contribution is -0.139. The Morgan fingerprint density at radius 2 is 1.86 bits per heavy atom. The molecular formula is C21H19Cl2NO4. The number of likely N-dealkylation sites (tertiary alicyclic amines) is 1. The monoisotopic (exact) mass is 419 g/mol. The molecule has 1 atom stereocenters. The van der Waals surface area contributed by atoms with Crippen LogP contribution in [0.2, 0.25) is 10.0 Å². The van der Waals surface area contributed by atoms with E-state index in [1.807, 2.05) is 37.3 Å². The molecule has 0 saturated carbocycles. The fourth-order valence-corrected chi connectivity index (χ4v) is 3.99. The third kappa shape index (κ3) is 3.48. The van der Waals surface area contributed by atoms with Gasteiger partial charge >= 0.3 is 0 Å². The Balaban J connectivity index is 2.27. The Labute approximate surface area is 173 Å². The molecule has 0 aliphatic carbocycles. The van der Waals surface area contributed by atoms with Gasteiger partial charge in [0.05, 0.1) is 29.3 Å². The Hall–Kier alpha value is -2.50. The largest absolute Gasteiger partial charge is 0.507 e. The fraction of sp³-hybridized carbons (Fsp3) is 0.238. The fourth-order valence-electron chi connectivity index (χ4n) is 3.42. The number of aliphatic hydroxyl groups is 1. The van der Waals surface area contributed by atoms with Crippen molar-refractivity contribution in [2.45, 2.75) is 19.4 Å². The zero-order valence-electron chi connectivity index (χ0n) is 15.4. The first-order valence-electron chi connectivity index (χ1n) is 8.77. The molecule has 0 bridgehead atoms. The van der Waals surface area contributed by atoms with Gasteiger partial charge < -0.3 is 14.7 Å². The van der Waals surface area contributed by atoms with Crippen molar-refractivity contribution in [3.05, 3.63) is 69.2 Å². The van der Waals surface area contributed by atoms with Crippen molar-refractivity contribution in [2.75, 3.05) is 13.7 Å². The second-order valence-electron chi connectivity index (χ2n) is 6.37. The molecule has 0 radical (unpaired) electrons. The maximum atomic E-state index is 12.8. The first-order valence-corrected chi connectivity index (χ1v) is 9.53. The topological polar surface area (TPSA) is 66.8 Å². The molecule has 1 N–H and O–H groups in total. The summed E-state index contributed by atoms with van der Waals surface area (Å²) >= 11 is 12.3.